The Morgan fingerprint density at radius 3 is 2.71 bits per heavy atom. The Morgan fingerprint density at radius 2 is 2.10 bits per heavy atom. The van der Waals surface area contributed by atoms with Gasteiger partial charge >= 0.3 is 0 Å². The van der Waals surface area contributed by atoms with Crippen molar-refractivity contribution in [2.45, 2.75) is 13.5 Å². The molecule has 1 saturated heterocycles. The van der Waals surface area contributed by atoms with E-state index in [4.69, 9.17) is 4.74 Å². The zero-order valence-electron chi connectivity index (χ0n) is 12.5. The van der Waals surface area contributed by atoms with Gasteiger partial charge in [-0.1, -0.05) is 0 Å². The first-order valence-corrected chi connectivity index (χ1v) is 7.24. The second-order valence-corrected chi connectivity index (χ2v) is 5.27. The third kappa shape index (κ3) is 3.33. The van der Waals surface area contributed by atoms with Gasteiger partial charge in [0.05, 0.1) is 30.8 Å². The number of ether oxygens (including phenoxy) is 1. The van der Waals surface area contributed by atoms with E-state index in [1.54, 1.807) is 0 Å². The SMILES string of the molecule is Cc1nn(C)cc1CNc1ccc(N2CCOCC2)nc1. The Bertz CT molecular complexity index is 587. The molecule has 2 aromatic heterocycles. The third-order valence-corrected chi connectivity index (χ3v) is 3.68. The largest absolute Gasteiger partial charge is 0.380 e. The Morgan fingerprint density at radius 1 is 1.29 bits per heavy atom. The molecule has 1 N–H and O–H groups in total. The lowest BCUT2D eigenvalue weighted by atomic mass is 10.2. The monoisotopic (exact) mass is 287 g/mol. The molecule has 0 amide bonds. The molecule has 1 aliphatic heterocycles. The molecule has 112 valence electrons. The van der Waals surface area contributed by atoms with Gasteiger partial charge in [-0.05, 0) is 19.1 Å². The van der Waals surface area contributed by atoms with Crippen LogP contribution in [0.3, 0.4) is 0 Å². The van der Waals surface area contributed by atoms with Crippen molar-refractivity contribution in [2.24, 2.45) is 7.05 Å². The smallest absolute Gasteiger partial charge is 0.128 e. The molecule has 6 heteroatoms. The highest BCUT2D eigenvalue weighted by Crippen LogP contribution is 2.16. The summed E-state index contributed by atoms with van der Waals surface area (Å²) in [6.45, 7) is 6.17. The van der Waals surface area contributed by atoms with Crippen LogP contribution in [0.4, 0.5) is 11.5 Å². The predicted molar refractivity (Wildman–Crippen MR) is 82.5 cm³/mol. The molecule has 0 bridgehead atoms. The van der Waals surface area contributed by atoms with Crippen molar-refractivity contribution in [1.82, 2.24) is 14.8 Å². The zero-order valence-corrected chi connectivity index (χ0v) is 12.5. The molecule has 0 saturated carbocycles. The second-order valence-electron chi connectivity index (χ2n) is 5.27. The minimum atomic E-state index is 0.762. The Balaban J connectivity index is 1.60. The summed E-state index contributed by atoms with van der Waals surface area (Å²) in [6, 6.07) is 4.13. The van der Waals surface area contributed by atoms with E-state index in [-0.39, 0.29) is 0 Å². The van der Waals surface area contributed by atoms with Crippen LogP contribution in [0.2, 0.25) is 0 Å². The average Bonchev–Trinajstić information content (AvgIpc) is 2.84. The van der Waals surface area contributed by atoms with E-state index in [1.807, 2.05) is 31.0 Å². The van der Waals surface area contributed by atoms with Crippen LogP contribution in [0.1, 0.15) is 11.3 Å². The molecule has 21 heavy (non-hydrogen) atoms. The Kier molecular flexibility index (Phi) is 4.06. The minimum Gasteiger partial charge on any atom is -0.380 e. The van der Waals surface area contributed by atoms with Crippen molar-refractivity contribution in [3.8, 4) is 0 Å². The van der Waals surface area contributed by atoms with Crippen LogP contribution >= 0.6 is 0 Å². The van der Waals surface area contributed by atoms with Crippen molar-refractivity contribution < 1.29 is 4.74 Å². The van der Waals surface area contributed by atoms with E-state index in [1.165, 1.54) is 5.56 Å². The molecule has 0 radical (unpaired) electrons. The lowest BCUT2D eigenvalue weighted by Gasteiger charge is -2.27. The van der Waals surface area contributed by atoms with Gasteiger partial charge in [0.25, 0.3) is 0 Å². The second kappa shape index (κ2) is 6.13. The molecular formula is C15H21N5O. The molecule has 6 nitrogen and oxygen atoms in total. The van der Waals surface area contributed by atoms with Crippen molar-refractivity contribution in [3.05, 3.63) is 35.8 Å². The van der Waals surface area contributed by atoms with E-state index in [0.717, 1.165) is 50.0 Å². The van der Waals surface area contributed by atoms with Crippen molar-refractivity contribution in [2.75, 3.05) is 36.5 Å². The minimum absolute atomic E-state index is 0.762. The highest BCUT2D eigenvalue weighted by molar-refractivity contribution is 5.49. The normalized spacial score (nSPS) is 15.2. The van der Waals surface area contributed by atoms with Crippen LogP contribution in [0.25, 0.3) is 0 Å². The molecule has 0 atom stereocenters. The molecule has 0 aliphatic carbocycles. The van der Waals surface area contributed by atoms with Crippen molar-refractivity contribution >= 4 is 11.5 Å². The summed E-state index contributed by atoms with van der Waals surface area (Å²) >= 11 is 0. The molecule has 1 aliphatic rings. The molecule has 0 aromatic carbocycles. The third-order valence-electron chi connectivity index (χ3n) is 3.68. The topological polar surface area (TPSA) is 55.2 Å². The number of rotatable bonds is 4. The van der Waals surface area contributed by atoms with Gasteiger partial charge in [-0.3, -0.25) is 4.68 Å². The first-order chi connectivity index (χ1) is 10.2. The van der Waals surface area contributed by atoms with Crippen LogP contribution in [0.5, 0.6) is 0 Å². The number of pyridine rings is 1. The van der Waals surface area contributed by atoms with Gasteiger partial charge in [-0.25, -0.2) is 4.98 Å². The van der Waals surface area contributed by atoms with Crippen LogP contribution in [0.15, 0.2) is 24.5 Å². The first-order valence-electron chi connectivity index (χ1n) is 7.24. The number of nitrogens with zero attached hydrogens (tertiary/aromatic N) is 4. The highest BCUT2D eigenvalue weighted by Gasteiger charge is 2.12. The van der Waals surface area contributed by atoms with Crippen LogP contribution < -0.4 is 10.2 Å². The van der Waals surface area contributed by atoms with Crippen molar-refractivity contribution in [3.63, 3.8) is 0 Å². The number of hydrogen-bond donors (Lipinski definition) is 1. The fourth-order valence-corrected chi connectivity index (χ4v) is 2.49. The molecule has 3 rings (SSSR count). The van der Waals surface area contributed by atoms with Gasteiger partial charge < -0.3 is 15.0 Å². The van der Waals surface area contributed by atoms with E-state index in [2.05, 4.69) is 32.4 Å². The predicted octanol–water partition coefficient (Wildman–Crippen LogP) is 1.57. The number of hydrogen-bond acceptors (Lipinski definition) is 5. The molecule has 2 aromatic rings. The lowest BCUT2D eigenvalue weighted by molar-refractivity contribution is 0.122. The maximum Gasteiger partial charge on any atom is 0.128 e. The number of morpholine rings is 1. The van der Waals surface area contributed by atoms with Crippen LogP contribution in [-0.4, -0.2) is 41.1 Å². The molecular weight excluding hydrogens is 266 g/mol. The zero-order chi connectivity index (χ0) is 14.7. The maximum absolute atomic E-state index is 5.36. The summed E-state index contributed by atoms with van der Waals surface area (Å²) in [6.07, 6.45) is 3.92. The summed E-state index contributed by atoms with van der Waals surface area (Å²) in [4.78, 5) is 6.78. The summed E-state index contributed by atoms with van der Waals surface area (Å²) in [5.41, 5.74) is 3.29. The Hall–Kier alpha value is -2.08. The fourth-order valence-electron chi connectivity index (χ4n) is 2.49. The summed E-state index contributed by atoms with van der Waals surface area (Å²) < 4.78 is 7.20. The van der Waals surface area contributed by atoms with Gasteiger partial charge in [0, 0.05) is 38.4 Å². The molecule has 0 spiro atoms. The van der Waals surface area contributed by atoms with Gasteiger partial charge in [0.15, 0.2) is 0 Å². The van der Waals surface area contributed by atoms with Crippen LogP contribution in [-0.2, 0) is 18.3 Å². The van der Waals surface area contributed by atoms with Gasteiger partial charge in [-0.15, -0.1) is 0 Å². The lowest BCUT2D eigenvalue weighted by Crippen LogP contribution is -2.36. The van der Waals surface area contributed by atoms with E-state index in [9.17, 15) is 0 Å². The number of anilines is 2. The molecule has 0 unspecified atom stereocenters. The van der Waals surface area contributed by atoms with Gasteiger partial charge in [0.2, 0.25) is 0 Å². The summed E-state index contributed by atoms with van der Waals surface area (Å²) in [5, 5.41) is 7.73. The van der Waals surface area contributed by atoms with E-state index in [0.29, 0.717) is 0 Å². The fraction of sp³-hybridized carbons (Fsp3) is 0.467. The van der Waals surface area contributed by atoms with Gasteiger partial charge in [0.1, 0.15) is 5.82 Å². The molecule has 3 heterocycles. The number of aromatic nitrogens is 3. The van der Waals surface area contributed by atoms with Crippen LogP contribution in [0, 0.1) is 6.92 Å². The van der Waals surface area contributed by atoms with E-state index < -0.39 is 0 Å². The maximum atomic E-state index is 5.36. The summed E-state index contributed by atoms with van der Waals surface area (Å²) in [7, 11) is 1.94. The average molecular weight is 287 g/mol. The summed E-state index contributed by atoms with van der Waals surface area (Å²) in [5.74, 6) is 1.02. The highest BCUT2D eigenvalue weighted by atomic mass is 16.5. The molecule has 1 fully saturated rings. The first kappa shape index (κ1) is 13.9. The standard InChI is InChI=1S/C15H21N5O/c1-12-13(11-19(2)18-12)9-16-14-3-4-15(17-10-14)20-5-7-21-8-6-20/h3-4,10-11,16H,5-9H2,1-2H3. The number of aryl methyl sites for hydroxylation is 2. The Labute approximate surface area is 124 Å². The number of nitrogens with one attached hydrogen (secondary N) is 1. The van der Waals surface area contributed by atoms with Crippen molar-refractivity contribution in [1.29, 1.82) is 0 Å². The van der Waals surface area contributed by atoms with Gasteiger partial charge in [-0.2, -0.15) is 5.10 Å². The quantitative estimate of drug-likeness (QED) is 0.925. The van der Waals surface area contributed by atoms with E-state index >= 15 is 0 Å².